The highest BCUT2D eigenvalue weighted by Gasteiger charge is 2.07. The van der Waals surface area contributed by atoms with E-state index in [-0.39, 0.29) is 5.82 Å². The smallest absolute Gasteiger partial charge is 0.145 e. The van der Waals surface area contributed by atoms with Crippen LogP contribution in [0.1, 0.15) is 0 Å². The maximum absolute atomic E-state index is 13.9. The lowest BCUT2D eigenvalue weighted by Gasteiger charge is -2.07. The van der Waals surface area contributed by atoms with E-state index in [0.29, 0.717) is 10.0 Å². The first-order valence-electron chi connectivity index (χ1n) is 4.94. The highest BCUT2D eigenvalue weighted by molar-refractivity contribution is 9.10. The number of anilines is 1. The summed E-state index contributed by atoms with van der Waals surface area (Å²) in [5.41, 5.74) is 2.44. The van der Waals surface area contributed by atoms with Crippen molar-refractivity contribution in [1.29, 1.82) is 0 Å². The molecule has 0 saturated heterocycles. The minimum Gasteiger partial charge on any atom is -0.388 e. The van der Waals surface area contributed by atoms with Crippen molar-refractivity contribution in [2.75, 3.05) is 12.4 Å². The van der Waals surface area contributed by atoms with E-state index in [1.165, 1.54) is 0 Å². The quantitative estimate of drug-likeness (QED) is 0.865. The Morgan fingerprint density at radius 2 is 1.88 bits per heavy atom. The van der Waals surface area contributed by atoms with E-state index in [2.05, 4.69) is 21.2 Å². The number of nitrogens with one attached hydrogen (secondary N) is 1. The van der Waals surface area contributed by atoms with Gasteiger partial charge in [0, 0.05) is 18.3 Å². The molecule has 0 saturated carbocycles. The molecule has 0 fully saturated rings. The molecule has 0 spiro atoms. The highest BCUT2D eigenvalue weighted by atomic mass is 79.9. The van der Waals surface area contributed by atoms with Gasteiger partial charge in [0.05, 0.1) is 4.47 Å². The largest absolute Gasteiger partial charge is 0.388 e. The zero-order chi connectivity index (χ0) is 11.5. The first-order valence-corrected chi connectivity index (χ1v) is 5.74. The maximum Gasteiger partial charge on any atom is 0.145 e. The third kappa shape index (κ3) is 2.09. The van der Waals surface area contributed by atoms with Gasteiger partial charge in [-0.25, -0.2) is 4.39 Å². The molecule has 3 heteroatoms. The van der Waals surface area contributed by atoms with E-state index in [1.54, 1.807) is 12.1 Å². The van der Waals surface area contributed by atoms with Gasteiger partial charge in [-0.15, -0.1) is 0 Å². The number of hydrogen-bond acceptors (Lipinski definition) is 1. The van der Waals surface area contributed by atoms with Crippen molar-refractivity contribution in [2.24, 2.45) is 0 Å². The molecular weight excluding hydrogens is 269 g/mol. The Labute approximate surface area is 102 Å². The summed E-state index contributed by atoms with van der Waals surface area (Å²) in [6.45, 7) is 0. The van der Waals surface area contributed by atoms with Crippen molar-refractivity contribution in [1.82, 2.24) is 0 Å². The normalized spacial score (nSPS) is 10.2. The van der Waals surface area contributed by atoms with Crippen molar-refractivity contribution in [3.05, 3.63) is 52.8 Å². The Morgan fingerprint density at radius 3 is 2.62 bits per heavy atom. The van der Waals surface area contributed by atoms with Gasteiger partial charge in [-0.3, -0.25) is 0 Å². The number of hydrogen-bond donors (Lipinski definition) is 1. The first kappa shape index (κ1) is 11.1. The lowest BCUT2D eigenvalue weighted by Crippen LogP contribution is -1.90. The number of rotatable bonds is 2. The van der Waals surface area contributed by atoms with Crippen LogP contribution in [0.5, 0.6) is 0 Å². The molecule has 0 heterocycles. The van der Waals surface area contributed by atoms with Crippen LogP contribution < -0.4 is 5.32 Å². The van der Waals surface area contributed by atoms with Crippen LogP contribution in [0.4, 0.5) is 10.1 Å². The van der Waals surface area contributed by atoms with E-state index in [0.717, 1.165) is 11.3 Å². The van der Waals surface area contributed by atoms with E-state index < -0.39 is 0 Å². The average Bonchev–Trinajstić information content (AvgIpc) is 2.33. The maximum atomic E-state index is 13.9. The zero-order valence-corrected chi connectivity index (χ0v) is 10.4. The fourth-order valence-corrected chi connectivity index (χ4v) is 1.94. The summed E-state index contributed by atoms with van der Waals surface area (Å²) in [5.74, 6) is -0.226. The Hall–Kier alpha value is -1.35. The molecule has 0 radical (unpaired) electrons. The monoisotopic (exact) mass is 279 g/mol. The average molecular weight is 280 g/mol. The van der Waals surface area contributed by atoms with Crippen molar-refractivity contribution in [2.45, 2.75) is 0 Å². The van der Waals surface area contributed by atoms with Gasteiger partial charge in [0.15, 0.2) is 0 Å². The molecule has 82 valence electrons. The van der Waals surface area contributed by atoms with E-state index in [9.17, 15) is 4.39 Å². The Balaban J connectivity index is 2.54. The first-order chi connectivity index (χ1) is 7.72. The van der Waals surface area contributed by atoms with Gasteiger partial charge in [-0.1, -0.05) is 24.3 Å². The van der Waals surface area contributed by atoms with Crippen molar-refractivity contribution in [3.8, 4) is 11.1 Å². The Morgan fingerprint density at radius 1 is 1.12 bits per heavy atom. The summed E-state index contributed by atoms with van der Waals surface area (Å²) in [6.07, 6.45) is 0. The predicted molar refractivity (Wildman–Crippen MR) is 69.1 cm³/mol. The molecule has 1 N–H and O–H groups in total. The lowest BCUT2D eigenvalue weighted by molar-refractivity contribution is 0.624. The van der Waals surface area contributed by atoms with Gasteiger partial charge in [0.25, 0.3) is 0 Å². The second-order valence-corrected chi connectivity index (χ2v) is 4.29. The molecule has 0 aliphatic rings. The van der Waals surface area contributed by atoms with Crippen LogP contribution in [0, 0.1) is 5.82 Å². The number of halogens is 2. The molecular formula is C13H11BrFN. The highest BCUT2D eigenvalue weighted by Crippen LogP contribution is 2.29. The van der Waals surface area contributed by atoms with Gasteiger partial charge in [0.2, 0.25) is 0 Å². The minimum atomic E-state index is -0.226. The molecule has 0 aliphatic carbocycles. The van der Waals surface area contributed by atoms with Crippen LogP contribution in [0.3, 0.4) is 0 Å². The molecule has 0 amide bonds. The Kier molecular flexibility index (Phi) is 3.25. The van der Waals surface area contributed by atoms with Crippen molar-refractivity contribution < 1.29 is 4.39 Å². The van der Waals surface area contributed by atoms with Gasteiger partial charge < -0.3 is 5.32 Å². The molecule has 2 rings (SSSR count). The lowest BCUT2D eigenvalue weighted by atomic mass is 10.0. The van der Waals surface area contributed by atoms with Crippen LogP contribution in [-0.2, 0) is 0 Å². The Bertz CT molecular complexity index is 511. The van der Waals surface area contributed by atoms with Gasteiger partial charge in [0.1, 0.15) is 5.82 Å². The summed E-state index contributed by atoms with van der Waals surface area (Å²) in [4.78, 5) is 0. The molecule has 2 aromatic carbocycles. The van der Waals surface area contributed by atoms with E-state index >= 15 is 0 Å². The predicted octanol–water partition coefficient (Wildman–Crippen LogP) is 4.30. The third-order valence-electron chi connectivity index (χ3n) is 2.41. The fourth-order valence-electron chi connectivity index (χ4n) is 1.57. The second-order valence-electron chi connectivity index (χ2n) is 3.43. The van der Waals surface area contributed by atoms with Crippen LogP contribution >= 0.6 is 15.9 Å². The molecule has 1 nitrogen and oxygen atoms in total. The molecule has 0 bridgehead atoms. The zero-order valence-electron chi connectivity index (χ0n) is 8.80. The summed E-state index contributed by atoms with van der Waals surface area (Å²) in [7, 11) is 1.84. The molecule has 0 aromatic heterocycles. The minimum absolute atomic E-state index is 0.226. The summed E-state index contributed by atoms with van der Waals surface area (Å²) in [6, 6.07) is 13.0. The molecule has 0 atom stereocenters. The molecule has 16 heavy (non-hydrogen) atoms. The van der Waals surface area contributed by atoms with Crippen LogP contribution in [0.25, 0.3) is 11.1 Å². The van der Waals surface area contributed by atoms with Crippen LogP contribution in [-0.4, -0.2) is 7.05 Å². The van der Waals surface area contributed by atoms with Gasteiger partial charge >= 0.3 is 0 Å². The van der Waals surface area contributed by atoms with Crippen molar-refractivity contribution >= 4 is 21.6 Å². The summed E-state index contributed by atoms with van der Waals surface area (Å²) < 4.78 is 14.3. The molecule has 0 aliphatic heterocycles. The third-order valence-corrected chi connectivity index (χ3v) is 3.03. The summed E-state index contributed by atoms with van der Waals surface area (Å²) >= 11 is 3.19. The second kappa shape index (κ2) is 4.66. The van der Waals surface area contributed by atoms with Gasteiger partial charge in [-0.2, -0.15) is 0 Å². The molecule has 2 aromatic rings. The summed E-state index contributed by atoms with van der Waals surface area (Å²) in [5, 5.41) is 3.04. The standard InChI is InChI=1S/C13H11BrFN/c1-16-10-5-2-4-9(8-10)11-6-3-7-12(14)13(11)15/h2-8,16H,1H3. The van der Waals surface area contributed by atoms with E-state index in [4.69, 9.17) is 0 Å². The fraction of sp³-hybridized carbons (Fsp3) is 0.0769. The van der Waals surface area contributed by atoms with Crippen LogP contribution in [0.2, 0.25) is 0 Å². The van der Waals surface area contributed by atoms with Crippen molar-refractivity contribution in [3.63, 3.8) is 0 Å². The van der Waals surface area contributed by atoms with E-state index in [1.807, 2.05) is 37.4 Å². The topological polar surface area (TPSA) is 12.0 Å². The van der Waals surface area contributed by atoms with Crippen LogP contribution in [0.15, 0.2) is 46.9 Å². The van der Waals surface area contributed by atoms with Gasteiger partial charge in [-0.05, 0) is 39.7 Å². The molecule has 0 unspecified atom stereocenters. The number of benzene rings is 2. The SMILES string of the molecule is CNc1cccc(-c2cccc(Br)c2F)c1.